The molecule has 1 N–H and O–H groups in total. The van der Waals surface area contributed by atoms with Crippen LogP contribution >= 0.6 is 11.8 Å². The van der Waals surface area contributed by atoms with Crippen molar-refractivity contribution in [1.29, 1.82) is 0 Å². The summed E-state index contributed by atoms with van der Waals surface area (Å²) in [6.45, 7) is 3.45. The second-order valence-corrected chi connectivity index (χ2v) is 6.44. The summed E-state index contributed by atoms with van der Waals surface area (Å²) >= 11 is 2.12. The molecule has 2 nitrogen and oxygen atoms in total. The van der Waals surface area contributed by atoms with Crippen molar-refractivity contribution in [2.75, 3.05) is 31.1 Å². The first-order valence-corrected chi connectivity index (χ1v) is 8.20. The van der Waals surface area contributed by atoms with Gasteiger partial charge in [-0.25, -0.2) is 0 Å². The molecule has 0 saturated carbocycles. The highest BCUT2D eigenvalue weighted by molar-refractivity contribution is 7.99. The molecule has 1 aromatic carbocycles. The highest BCUT2D eigenvalue weighted by Crippen LogP contribution is 2.30. The van der Waals surface area contributed by atoms with E-state index < -0.39 is 0 Å². The lowest BCUT2D eigenvalue weighted by Crippen LogP contribution is -2.51. The zero-order chi connectivity index (χ0) is 12.2. The van der Waals surface area contributed by atoms with Gasteiger partial charge in [0.15, 0.2) is 0 Å². The molecule has 2 aliphatic rings. The molecule has 2 heterocycles. The SMILES string of the molecule is c1ccc(C2CNCCN2C2CCSCC2)cc1. The summed E-state index contributed by atoms with van der Waals surface area (Å²) in [5, 5.41) is 3.56. The first kappa shape index (κ1) is 12.5. The Morgan fingerprint density at radius 2 is 1.89 bits per heavy atom. The highest BCUT2D eigenvalue weighted by Gasteiger charge is 2.30. The van der Waals surface area contributed by atoms with E-state index in [-0.39, 0.29) is 0 Å². The van der Waals surface area contributed by atoms with Crippen molar-refractivity contribution >= 4 is 11.8 Å². The molecule has 2 saturated heterocycles. The Bertz CT molecular complexity index is 362. The lowest BCUT2D eigenvalue weighted by atomic mass is 9.99. The van der Waals surface area contributed by atoms with Gasteiger partial charge in [-0.05, 0) is 29.9 Å². The maximum absolute atomic E-state index is 3.56. The summed E-state index contributed by atoms with van der Waals surface area (Å²) in [6, 6.07) is 12.4. The van der Waals surface area contributed by atoms with Gasteiger partial charge in [0.2, 0.25) is 0 Å². The van der Waals surface area contributed by atoms with Gasteiger partial charge in [-0.15, -0.1) is 0 Å². The molecule has 0 bridgehead atoms. The third-order valence-corrected chi connectivity index (χ3v) is 5.18. The minimum atomic E-state index is 0.577. The largest absolute Gasteiger partial charge is 0.314 e. The Morgan fingerprint density at radius 3 is 2.67 bits per heavy atom. The van der Waals surface area contributed by atoms with Crippen molar-refractivity contribution < 1.29 is 0 Å². The van der Waals surface area contributed by atoms with Crippen LogP contribution < -0.4 is 5.32 Å². The van der Waals surface area contributed by atoms with E-state index in [9.17, 15) is 0 Å². The molecule has 3 heteroatoms. The molecule has 0 aromatic heterocycles. The molecule has 0 aliphatic carbocycles. The second-order valence-electron chi connectivity index (χ2n) is 5.21. The van der Waals surface area contributed by atoms with Crippen molar-refractivity contribution in [3.05, 3.63) is 35.9 Å². The Morgan fingerprint density at radius 1 is 1.11 bits per heavy atom. The molecule has 98 valence electrons. The van der Waals surface area contributed by atoms with Gasteiger partial charge in [0.05, 0.1) is 0 Å². The maximum atomic E-state index is 3.56. The monoisotopic (exact) mass is 262 g/mol. The molecule has 18 heavy (non-hydrogen) atoms. The van der Waals surface area contributed by atoms with Crippen LogP contribution in [0.5, 0.6) is 0 Å². The predicted octanol–water partition coefficient (Wildman–Crippen LogP) is 2.53. The summed E-state index contributed by atoms with van der Waals surface area (Å²) in [6.07, 6.45) is 2.74. The van der Waals surface area contributed by atoms with E-state index in [0.29, 0.717) is 6.04 Å². The Kier molecular flexibility index (Phi) is 4.24. The van der Waals surface area contributed by atoms with Gasteiger partial charge < -0.3 is 5.32 Å². The number of nitrogens with zero attached hydrogens (tertiary/aromatic N) is 1. The van der Waals surface area contributed by atoms with Crippen LogP contribution in [0.4, 0.5) is 0 Å². The van der Waals surface area contributed by atoms with Crippen LogP contribution in [0, 0.1) is 0 Å². The summed E-state index contributed by atoms with van der Waals surface area (Å²) in [5.41, 5.74) is 1.47. The number of benzene rings is 1. The number of hydrogen-bond donors (Lipinski definition) is 1. The summed E-state index contributed by atoms with van der Waals surface area (Å²) in [4.78, 5) is 2.76. The summed E-state index contributed by atoms with van der Waals surface area (Å²) in [7, 11) is 0. The van der Waals surface area contributed by atoms with Crippen LogP contribution in [0.1, 0.15) is 24.4 Å². The fourth-order valence-electron chi connectivity index (χ4n) is 3.16. The first-order chi connectivity index (χ1) is 8.95. The Labute approximate surface area is 114 Å². The maximum Gasteiger partial charge on any atom is 0.0476 e. The van der Waals surface area contributed by atoms with E-state index in [0.717, 1.165) is 19.1 Å². The van der Waals surface area contributed by atoms with Crippen molar-refractivity contribution in [3.63, 3.8) is 0 Å². The van der Waals surface area contributed by atoms with Gasteiger partial charge in [0.1, 0.15) is 0 Å². The molecule has 2 aliphatic heterocycles. The number of hydrogen-bond acceptors (Lipinski definition) is 3. The molecule has 1 aromatic rings. The van der Waals surface area contributed by atoms with Crippen molar-refractivity contribution in [2.24, 2.45) is 0 Å². The van der Waals surface area contributed by atoms with Crippen molar-refractivity contribution in [1.82, 2.24) is 10.2 Å². The number of nitrogens with one attached hydrogen (secondary N) is 1. The minimum absolute atomic E-state index is 0.577. The van der Waals surface area contributed by atoms with Gasteiger partial charge in [-0.1, -0.05) is 30.3 Å². The van der Waals surface area contributed by atoms with Crippen LogP contribution in [0.15, 0.2) is 30.3 Å². The smallest absolute Gasteiger partial charge is 0.0476 e. The normalized spacial score (nSPS) is 27.2. The number of rotatable bonds is 2. The standard InChI is InChI=1S/C15H22N2S/c1-2-4-13(5-3-1)15-12-16-8-9-17(15)14-6-10-18-11-7-14/h1-5,14-16H,6-12H2. The average molecular weight is 262 g/mol. The van der Waals surface area contributed by atoms with E-state index in [2.05, 4.69) is 52.3 Å². The summed E-state index contributed by atoms with van der Waals surface area (Å²) < 4.78 is 0. The van der Waals surface area contributed by atoms with E-state index >= 15 is 0 Å². The van der Waals surface area contributed by atoms with Gasteiger partial charge in [0.25, 0.3) is 0 Å². The lowest BCUT2D eigenvalue weighted by molar-refractivity contribution is 0.0997. The molecule has 2 fully saturated rings. The second kappa shape index (κ2) is 6.09. The van der Waals surface area contributed by atoms with Crippen LogP contribution in [0.3, 0.4) is 0 Å². The van der Waals surface area contributed by atoms with Gasteiger partial charge in [0, 0.05) is 31.7 Å². The topological polar surface area (TPSA) is 15.3 Å². The minimum Gasteiger partial charge on any atom is -0.314 e. The fraction of sp³-hybridized carbons (Fsp3) is 0.600. The van der Waals surface area contributed by atoms with Crippen molar-refractivity contribution in [3.8, 4) is 0 Å². The van der Waals surface area contributed by atoms with Gasteiger partial charge in [-0.3, -0.25) is 4.90 Å². The molecular weight excluding hydrogens is 240 g/mol. The molecule has 3 rings (SSSR count). The van der Waals surface area contributed by atoms with E-state index in [1.54, 1.807) is 0 Å². The molecule has 0 amide bonds. The van der Waals surface area contributed by atoms with E-state index in [1.807, 2.05) is 0 Å². The van der Waals surface area contributed by atoms with Crippen LogP contribution in [0.2, 0.25) is 0 Å². The molecule has 0 spiro atoms. The quantitative estimate of drug-likeness (QED) is 0.882. The van der Waals surface area contributed by atoms with Gasteiger partial charge >= 0.3 is 0 Å². The van der Waals surface area contributed by atoms with Crippen molar-refractivity contribution in [2.45, 2.75) is 24.9 Å². The molecular formula is C15H22N2S. The van der Waals surface area contributed by atoms with E-state index in [1.165, 1.54) is 36.5 Å². The molecule has 1 atom stereocenters. The fourth-order valence-corrected chi connectivity index (χ4v) is 4.24. The summed E-state index contributed by atoms with van der Waals surface area (Å²) in [5.74, 6) is 2.69. The lowest BCUT2D eigenvalue weighted by Gasteiger charge is -2.43. The van der Waals surface area contributed by atoms with Gasteiger partial charge in [-0.2, -0.15) is 11.8 Å². The Hall–Kier alpha value is -0.510. The zero-order valence-corrected chi connectivity index (χ0v) is 11.7. The third-order valence-electron chi connectivity index (χ3n) is 4.13. The van der Waals surface area contributed by atoms with Crippen LogP contribution in [-0.2, 0) is 0 Å². The predicted molar refractivity (Wildman–Crippen MR) is 79.1 cm³/mol. The molecule has 1 unspecified atom stereocenters. The zero-order valence-electron chi connectivity index (χ0n) is 10.8. The molecule has 0 radical (unpaired) electrons. The third kappa shape index (κ3) is 2.73. The average Bonchev–Trinajstić information content (AvgIpc) is 2.49. The number of thioether (sulfide) groups is 1. The first-order valence-electron chi connectivity index (χ1n) is 7.04. The number of piperazine rings is 1. The Balaban J connectivity index is 1.77. The van der Waals surface area contributed by atoms with Crippen LogP contribution in [0.25, 0.3) is 0 Å². The van der Waals surface area contributed by atoms with Crippen LogP contribution in [-0.4, -0.2) is 42.1 Å². The highest BCUT2D eigenvalue weighted by atomic mass is 32.2. The van der Waals surface area contributed by atoms with E-state index in [4.69, 9.17) is 0 Å².